The van der Waals surface area contributed by atoms with Crippen LogP contribution in [0.4, 0.5) is 0 Å². The quantitative estimate of drug-likeness (QED) is 0.0228. The van der Waals surface area contributed by atoms with Gasteiger partial charge in [0.05, 0.1) is 6.61 Å². The number of hydrogen-bond donors (Lipinski definition) is 3. The molecule has 81 heavy (non-hydrogen) atoms. The van der Waals surface area contributed by atoms with Crippen LogP contribution in [0, 0.1) is 0 Å². The maximum atomic E-state index is 13.2. The summed E-state index contributed by atoms with van der Waals surface area (Å²) in [5.74, 6) is -3.20. The van der Waals surface area contributed by atoms with Crippen LogP contribution in [0.15, 0.2) is 109 Å². The summed E-state index contributed by atoms with van der Waals surface area (Å²) in [5.41, 5.74) is 0. The van der Waals surface area contributed by atoms with E-state index in [4.69, 9.17) is 23.7 Å². The summed E-state index contributed by atoms with van der Waals surface area (Å²) in [6.07, 6.45) is 63.3. The second-order valence-corrected chi connectivity index (χ2v) is 21.3. The number of ether oxygens (including phenoxy) is 5. The maximum Gasteiger partial charge on any atom is 0.335 e. The normalized spacial score (nSPS) is 18.5. The van der Waals surface area contributed by atoms with Crippen LogP contribution in [0.2, 0.25) is 0 Å². The minimum absolute atomic E-state index is 0.0139. The lowest BCUT2D eigenvalue weighted by atomic mass is 9.98. The number of aliphatic carboxylic acids is 1. The Bertz CT molecular complexity index is 1820. The van der Waals surface area contributed by atoms with Crippen LogP contribution in [0.3, 0.4) is 0 Å². The van der Waals surface area contributed by atoms with Crippen molar-refractivity contribution in [3.8, 4) is 0 Å². The third-order valence-corrected chi connectivity index (χ3v) is 13.8. The molecule has 0 radical (unpaired) electrons. The summed E-state index contributed by atoms with van der Waals surface area (Å²) >= 11 is 0. The van der Waals surface area contributed by atoms with Crippen molar-refractivity contribution < 1.29 is 58.2 Å². The topological polar surface area (TPSA) is 175 Å². The van der Waals surface area contributed by atoms with Crippen molar-refractivity contribution in [3.63, 3.8) is 0 Å². The molecule has 1 fully saturated rings. The highest BCUT2D eigenvalue weighted by Crippen LogP contribution is 2.26. The zero-order valence-corrected chi connectivity index (χ0v) is 50.7. The van der Waals surface area contributed by atoms with E-state index in [0.717, 1.165) is 135 Å². The zero-order valence-electron chi connectivity index (χ0n) is 50.7. The summed E-state index contributed by atoms with van der Waals surface area (Å²) in [4.78, 5) is 51.3. The molecule has 0 aromatic rings. The molecule has 12 heteroatoms. The highest BCUT2D eigenvalue weighted by molar-refractivity contribution is 5.74. The molecule has 0 bridgehead atoms. The molecule has 0 aromatic carbocycles. The van der Waals surface area contributed by atoms with Crippen LogP contribution in [0.25, 0.3) is 0 Å². The van der Waals surface area contributed by atoms with Crippen molar-refractivity contribution in [3.05, 3.63) is 109 Å². The Labute approximate surface area is 491 Å². The molecule has 0 spiro atoms. The summed E-state index contributed by atoms with van der Waals surface area (Å²) in [5, 5.41) is 31.6. The third-order valence-electron chi connectivity index (χ3n) is 13.8. The standard InChI is InChI=1S/C69H112O12/c1-4-7-10-13-16-19-22-25-28-30-31-33-36-39-42-45-48-51-54-57-63(72)80-67-65(74)64(73)66(68(75)76)81-69(67)78-59-60(79-62(71)56-53-50-47-44-41-38-34-27-24-21-18-15-12-9-6-3)58-77-61(70)55-52-49-46-43-40-37-35-32-29-26-23-20-17-14-11-8-5-2/h7,9-10,12,16,18-19,21,25-29,31,33-34,39,42,60,64-67,69,73-74H,4-6,8,11,13-15,17,20,22-24,30,32,35-38,40-41,43-59H2,1-3H3,(H,75,76)/b10-7-,12-9-,19-16-,21-18-,28-25-,29-26-,33-31-,34-27-,42-39-. The van der Waals surface area contributed by atoms with Crippen LogP contribution in [-0.4, -0.2) is 89.2 Å². The molecule has 3 N–H and O–H groups in total. The molecule has 1 rings (SSSR count). The summed E-state index contributed by atoms with van der Waals surface area (Å²) in [6, 6.07) is 0. The summed E-state index contributed by atoms with van der Waals surface area (Å²) in [7, 11) is 0. The Morgan fingerprint density at radius 1 is 0.420 bits per heavy atom. The first-order valence-corrected chi connectivity index (χ1v) is 31.9. The van der Waals surface area contributed by atoms with Gasteiger partial charge in [0.1, 0.15) is 18.8 Å². The first-order valence-electron chi connectivity index (χ1n) is 31.9. The average molecular weight is 1130 g/mol. The predicted octanol–water partition coefficient (Wildman–Crippen LogP) is 17.0. The number of allylic oxidation sites excluding steroid dienone is 18. The Hall–Kier alpha value is -4.62. The third kappa shape index (κ3) is 45.6. The van der Waals surface area contributed by atoms with Gasteiger partial charge < -0.3 is 39.0 Å². The van der Waals surface area contributed by atoms with Crippen LogP contribution in [0.1, 0.15) is 252 Å². The van der Waals surface area contributed by atoms with Crippen LogP contribution in [0.5, 0.6) is 0 Å². The van der Waals surface area contributed by atoms with Crippen molar-refractivity contribution in [2.75, 3.05) is 13.2 Å². The monoisotopic (exact) mass is 1130 g/mol. The van der Waals surface area contributed by atoms with Crippen molar-refractivity contribution >= 4 is 23.9 Å². The average Bonchev–Trinajstić information content (AvgIpc) is 3.54. The SMILES string of the molecule is CC/C=C\C/C=C\C/C=C\C/C=C\C/C=C\CCCCCC(=O)OC1C(OCC(COC(=O)CCCCCCCCC/C=C\CCCCCCCC)OC(=O)CCCCCCC/C=C\C/C=C\C/C=C\CC)OC(C(=O)O)C(O)C1O. The van der Waals surface area contributed by atoms with Crippen molar-refractivity contribution in [1.29, 1.82) is 0 Å². The number of carbonyl (C=O) groups excluding carboxylic acids is 3. The van der Waals surface area contributed by atoms with E-state index in [1.165, 1.54) is 57.8 Å². The molecule has 0 saturated carbocycles. The van der Waals surface area contributed by atoms with Gasteiger partial charge in [-0.05, 0) is 122 Å². The lowest BCUT2D eigenvalue weighted by molar-refractivity contribution is -0.301. The zero-order chi connectivity index (χ0) is 58.9. The molecule has 460 valence electrons. The second-order valence-electron chi connectivity index (χ2n) is 21.3. The molecule has 0 aliphatic carbocycles. The molecule has 1 saturated heterocycles. The van der Waals surface area contributed by atoms with Crippen molar-refractivity contribution in [2.24, 2.45) is 0 Å². The molecular formula is C69H112O12. The molecule has 12 nitrogen and oxygen atoms in total. The van der Waals surface area contributed by atoms with E-state index < -0.39 is 67.3 Å². The maximum absolute atomic E-state index is 13.2. The minimum atomic E-state index is -1.92. The molecule has 1 aliphatic heterocycles. The van der Waals surface area contributed by atoms with Gasteiger partial charge in [-0.2, -0.15) is 0 Å². The van der Waals surface area contributed by atoms with Gasteiger partial charge in [0.2, 0.25) is 0 Å². The molecule has 6 atom stereocenters. The number of carbonyl (C=O) groups is 4. The van der Waals surface area contributed by atoms with E-state index in [2.05, 4.69) is 130 Å². The Balaban J connectivity index is 2.70. The highest BCUT2D eigenvalue weighted by atomic mass is 16.7. The number of aliphatic hydroxyl groups excluding tert-OH is 2. The number of unbranched alkanes of at least 4 members (excludes halogenated alkanes) is 21. The first-order chi connectivity index (χ1) is 39.6. The Morgan fingerprint density at radius 2 is 0.778 bits per heavy atom. The molecular weight excluding hydrogens is 1020 g/mol. The van der Waals surface area contributed by atoms with Gasteiger partial charge in [0.25, 0.3) is 0 Å². The first kappa shape index (κ1) is 74.4. The largest absolute Gasteiger partial charge is 0.479 e. The van der Waals surface area contributed by atoms with E-state index >= 15 is 0 Å². The summed E-state index contributed by atoms with van der Waals surface area (Å²) < 4.78 is 28.5. The number of carboxylic acids is 1. The number of rotatable bonds is 53. The van der Waals surface area contributed by atoms with Crippen LogP contribution >= 0.6 is 0 Å². The van der Waals surface area contributed by atoms with Gasteiger partial charge in [0, 0.05) is 19.3 Å². The molecule has 6 unspecified atom stereocenters. The van der Waals surface area contributed by atoms with E-state index in [-0.39, 0.29) is 25.9 Å². The van der Waals surface area contributed by atoms with Gasteiger partial charge in [-0.3, -0.25) is 14.4 Å². The van der Waals surface area contributed by atoms with Gasteiger partial charge in [-0.25, -0.2) is 4.79 Å². The van der Waals surface area contributed by atoms with Crippen LogP contribution < -0.4 is 0 Å². The van der Waals surface area contributed by atoms with Gasteiger partial charge in [0.15, 0.2) is 24.6 Å². The summed E-state index contributed by atoms with van der Waals surface area (Å²) in [6.45, 7) is 5.74. The number of carboxylic acid groups (broad SMARTS) is 1. The molecule has 0 aromatic heterocycles. The molecule has 1 aliphatic rings. The molecule has 1 heterocycles. The fraction of sp³-hybridized carbons (Fsp3) is 0.681. The van der Waals surface area contributed by atoms with Crippen LogP contribution in [-0.2, 0) is 42.9 Å². The van der Waals surface area contributed by atoms with E-state index in [0.29, 0.717) is 19.3 Å². The van der Waals surface area contributed by atoms with Crippen molar-refractivity contribution in [2.45, 2.75) is 289 Å². The van der Waals surface area contributed by atoms with E-state index in [1.54, 1.807) is 0 Å². The number of aliphatic hydroxyl groups is 2. The minimum Gasteiger partial charge on any atom is -0.479 e. The fourth-order valence-electron chi connectivity index (χ4n) is 8.99. The van der Waals surface area contributed by atoms with E-state index in [9.17, 15) is 34.5 Å². The predicted molar refractivity (Wildman–Crippen MR) is 330 cm³/mol. The number of esters is 3. The van der Waals surface area contributed by atoms with Gasteiger partial charge in [-0.15, -0.1) is 0 Å². The lowest BCUT2D eigenvalue weighted by Gasteiger charge is -2.40. The van der Waals surface area contributed by atoms with Gasteiger partial charge in [-0.1, -0.05) is 220 Å². The van der Waals surface area contributed by atoms with Crippen molar-refractivity contribution in [1.82, 2.24) is 0 Å². The Morgan fingerprint density at radius 3 is 1.21 bits per heavy atom. The second kappa shape index (κ2) is 55.9. The van der Waals surface area contributed by atoms with Gasteiger partial charge >= 0.3 is 23.9 Å². The number of hydrogen-bond acceptors (Lipinski definition) is 11. The Kier molecular flexibility index (Phi) is 51.3. The smallest absolute Gasteiger partial charge is 0.335 e. The lowest BCUT2D eigenvalue weighted by Crippen LogP contribution is -2.61. The molecule has 0 amide bonds. The highest BCUT2D eigenvalue weighted by Gasteiger charge is 2.50. The van der Waals surface area contributed by atoms with E-state index in [1.807, 2.05) is 0 Å². The fourth-order valence-corrected chi connectivity index (χ4v) is 8.99.